The third kappa shape index (κ3) is 4.27. The molecular weight excluding hydrogens is 286 g/mol. The Bertz CT molecular complexity index is 480. The van der Waals surface area contributed by atoms with Crippen LogP contribution in [0, 0.1) is 0 Å². The van der Waals surface area contributed by atoms with Gasteiger partial charge in [0.15, 0.2) is 0 Å². The van der Waals surface area contributed by atoms with Gasteiger partial charge in [0.2, 0.25) is 0 Å². The fourth-order valence-electron chi connectivity index (χ4n) is 4.43. The van der Waals surface area contributed by atoms with E-state index in [1.54, 1.807) is 6.07 Å². The molecule has 2 atom stereocenters. The first kappa shape index (κ1) is 16.8. The smallest absolute Gasteiger partial charge is 0.119 e. The second kappa shape index (κ2) is 8.16. The zero-order chi connectivity index (χ0) is 16.1. The number of likely N-dealkylation sites (tertiary alicyclic amines) is 1. The van der Waals surface area contributed by atoms with Gasteiger partial charge >= 0.3 is 0 Å². The van der Waals surface area contributed by atoms with Gasteiger partial charge in [-0.2, -0.15) is 0 Å². The molecular formula is C20H31NO2. The van der Waals surface area contributed by atoms with Gasteiger partial charge in [-0.15, -0.1) is 0 Å². The van der Waals surface area contributed by atoms with Crippen molar-refractivity contribution in [3.05, 3.63) is 29.8 Å². The van der Waals surface area contributed by atoms with Gasteiger partial charge in [-0.05, 0) is 37.4 Å². The van der Waals surface area contributed by atoms with Crippen molar-refractivity contribution in [2.45, 2.75) is 75.9 Å². The van der Waals surface area contributed by atoms with Crippen LogP contribution in [0.15, 0.2) is 24.3 Å². The topological polar surface area (TPSA) is 43.7 Å². The molecule has 2 fully saturated rings. The standard InChI is InChI=1S/C20H31NO2/c22-19-12-8-7-11-17(19)18-13-14-21(15-20(18)23)16-9-5-3-1-2-4-6-10-16/h7-8,11-12,16,18,20,22-23H,1-6,9-10,13-15H2. The number of phenols is 1. The van der Waals surface area contributed by atoms with Crippen molar-refractivity contribution < 1.29 is 10.2 Å². The Kier molecular flexibility index (Phi) is 5.96. The molecule has 0 aromatic heterocycles. The fourth-order valence-corrected chi connectivity index (χ4v) is 4.43. The monoisotopic (exact) mass is 317 g/mol. The fraction of sp³-hybridized carbons (Fsp3) is 0.700. The Morgan fingerprint density at radius 3 is 2.17 bits per heavy atom. The first-order valence-corrected chi connectivity index (χ1v) is 9.45. The number of aliphatic hydroxyl groups excluding tert-OH is 1. The van der Waals surface area contributed by atoms with Gasteiger partial charge in [-0.25, -0.2) is 0 Å². The molecule has 2 N–H and O–H groups in total. The van der Waals surface area contributed by atoms with Gasteiger partial charge in [0.25, 0.3) is 0 Å². The number of phenolic OH excluding ortho intramolecular Hbond substituents is 1. The summed E-state index contributed by atoms with van der Waals surface area (Å²) >= 11 is 0. The average Bonchev–Trinajstić information content (AvgIpc) is 2.69. The molecule has 3 heteroatoms. The Morgan fingerprint density at radius 1 is 0.870 bits per heavy atom. The SMILES string of the molecule is Oc1ccccc1C1CCN(C2CCCCCCCC2)CC1O. The Balaban J connectivity index is 1.62. The number of benzene rings is 1. The molecule has 1 aromatic rings. The Labute approximate surface area is 140 Å². The van der Waals surface area contributed by atoms with Crippen molar-refractivity contribution in [3.63, 3.8) is 0 Å². The number of para-hydroxylation sites is 1. The lowest BCUT2D eigenvalue weighted by molar-refractivity contribution is 0.0241. The molecule has 1 aliphatic heterocycles. The van der Waals surface area contributed by atoms with Crippen LogP contribution in [0.1, 0.15) is 69.3 Å². The zero-order valence-corrected chi connectivity index (χ0v) is 14.2. The molecule has 1 aromatic carbocycles. The molecule has 2 aliphatic rings. The summed E-state index contributed by atoms with van der Waals surface area (Å²) < 4.78 is 0. The van der Waals surface area contributed by atoms with E-state index >= 15 is 0 Å². The molecule has 3 rings (SSSR count). The van der Waals surface area contributed by atoms with Crippen LogP contribution < -0.4 is 0 Å². The lowest BCUT2D eigenvalue weighted by Crippen LogP contribution is -2.47. The van der Waals surface area contributed by atoms with E-state index in [1.165, 1.54) is 51.4 Å². The highest BCUT2D eigenvalue weighted by atomic mass is 16.3. The van der Waals surface area contributed by atoms with E-state index in [4.69, 9.17) is 0 Å². The predicted octanol–water partition coefficient (Wildman–Crippen LogP) is 4.05. The van der Waals surface area contributed by atoms with Gasteiger partial charge < -0.3 is 10.2 Å². The molecule has 0 bridgehead atoms. The van der Waals surface area contributed by atoms with Gasteiger partial charge in [0.1, 0.15) is 5.75 Å². The van der Waals surface area contributed by atoms with Gasteiger partial charge in [-0.1, -0.05) is 56.7 Å². The lowest BCUT2D eigenvalue weighted by Gasteiger charge is -2.41. The molecule has 0 amide bonds. The number of rotatable bonds is 2. The largest absolute Gasteiger partial charge is 0.508 e. The molecule has 1 saturated heterocycles. The second-order valence-electron chi connectivity index (χ2n) is 7.37. The van der Waals surface area contributed by atoms with E-state index in [1.807, 2.05) is 18.2 Å². The highest BCUT2D eigenvalue weighted by molar-refractivity contribution is 5.36. The minimum absolute atomic E-state index is 0.0729. The highest BCUT2D eigenvalue weighted by Crippen LogP contribution is 2.35. The van der Waals surface area contributed by atoms with Gasteiger partial charge in [0.05, 0.1) is 6.10 Å². The van der Waals surface area contributed by atoms with E-state index in [0.717, 1.165) is 25.1 Å². The summed E-state index contributed by atoms with van der Waals surface area (Å²) in [7, 11) is 0. The third-order valence-electron chi connectivity index (χ3n) is 5.79. The number of aromatic hydroxyl groups is 1. The van der Waals surface area contributed by atoms with Crippen molar-refractivity contribution in [2.24, 2.45) is 0 Å². The minimum Gasteiger partial charge on any atom is -0.508 e. The van der Waals surface area contributed by atoms with Crippen LogP contribution in [0.2, 0.25) is 0 Å². The molecule has 2 unspecified atom stereocenters. The normalized spacial score (nSPS) is 28.7. The summed E-state index contributed by atoms with van der Waals surface area (Å²) in [5.74, 6) is 0.399. The first-order valence-electron chi connectivity index (χ1n) is 9.45. The molecule has 0 spiro atoms. The van der Waals surface area contributed by atoms with Crippen molar-refractivity contribution in [2.75, 3.05) is 13.1 Å². The van der Waals surface area contributed by atoms with E-state index in [2.05, 4.69) is 4.90 Å². The summed E-state index contributed by atoms with van der Waals surface area (Å²) in [5, 5.41) is 20.7. The van der Waals surface area contributed by atoms with Crippen LogP contribution in [-0.2, 0) is 0 Å². The number of aliphatic hydroxyl groups is 1. The number of hydrogen-bond donors (Lipinski definition) is 2. The van der Waals surface area contributed by atoms with E-state index < -0.39 is 0 Å². The van der Waals surface area contributed by atoms with Crippen LogP contribution in [0.3, 0.4) is 0 Å². The van der Waals surface area contributed by atoms with Crippen LogP contribution in [0.4, 0.5) is 0 Å². The molecule has 1 saturated carbocycles. The van der Waals surface area contributed by atoms with E-state index in [0.29, 0.717) is 11.8 Å². The second-order valence-corrected chi connectivity index (χ2v) is 7.37. The number of piperidine rings is 1. The summed E-state index contributed by atoms with van der Waals surface area (Å²) in [4.78, 5) is 2.52. The van der Waals surface area contributed by atoms with Crippen LogP contribution in [0.25, 0.3) is 0 Å². The predicted molar refractivity (Wildman–Crippen MR) is 93.8 cm³/mol. The van der Waals surface area contributed by atoms with Crippen molar-refractivity contribution in [1.29, 1.82) is 0 Å². The van der Waals surface area contributed by atoms with Crippen LogP contribution in [0.5, 0.6) is 5.75 Å². The van der Waals surface area contributed by atoms with Crippen molar-refractivity contribution >= 4 is 0 Å². The quantitative estimate of drug-likeness (QED) is 0.865. The third-order valence-corrected chi connectivity index (χ3v) is 5.79. The average molecular weight is 317 g/mol. The molecule has 1 heterocycles. The maximum absolute atomic E-state index is 10.7. The Morgan fingerprint density at radius 2 is 1.52 bits per heavy atom. The zero-order valence-electron chi connectivity index (χ0n) is 14.2. The van der Waals surface area contributed by atoms with Gasteiger partial charge in [-0.3, -0.25) is 4.90 Å². The highest BCUT2D eigenvalue weighted by Gasteiger charge is 2.33. The van der Waals surface area contributed by atoms with Gasteiger partial charge in [0, 0.05) is 18.5 Å². The van der Waals surface area contributed by atoms with Crippen molar-refractivity contribution in [3.8, 4) is 5.75 Å². The van der Waals surface area contributed by atoms with Crippen molar-refractivity contribution in [1.82, 2.24) is 4.90 Å². The summed E-state index contributed by atoms with van der Waals surface area (Å²) in [6.07, 6.45) is 11.3. The number of β-amino-alcohol motifs (C(OH)–C–C–N with tert-alkyl or cyclic N) is 1. The molecule has 3 nitrogen and oxygen atoms in total. The molecule has 128 valence electrons. The maximum Gasteiger partial charge on any atom is 0.119 e. The maximum atomic E-state index is 10.7. The Hall–Kier alpha value is -1.06. The lowest BCUT2D eigenvalue weighted by atomic mass is 9.85. The molecule has 0 radical (unpaired) electrons. The number of hydrogen-bond acceptors (Lipinski definition) is 3. The van der Waals surface area contributed by atoms with E-state index in [9.17, 15) is 10.2 Å². The minimum atomic E-state index is -0.371. The summed E-state index contributed by atoms with van der Waals surface area (Å²) in [6.45, 7) is 1.80. The first-order chi connectivity index (χ1) is 11.3. The molecule has 23 heavy (non-hydrogen) atoms. The van der Waals surface area contributed by atoms with Crippen LogP contribution >= 0.6 is 0 Å². The van der Waals surface area contributed by atoms with Crippen LogP contribution in [-0.4, -0.2) is 40.3 Å². The number of nitrogens with zero attached hydrogens (tertiary/aromatic N) is 1. The van der Waals surface area contributed by atoms with E-state index in [-0.39, 0.29) is 12.0 Å². The molecule has 1 aliphatic carbocycles. The summed E-state index contributed by atoms with van der Waals surface area (Å²) in [6, 6.07) is 8.13. The summed E-state index contributed by atoms with van der Waals surface area (Å²) in [5.41, 5.74) is 0.911.